The molecule has 0 saturated carbocycles. The molecule has 0 amide bonds. The summed E-state index contributed by atoms with van der Waals surface area (Å²) in [4.78, 5) is 6.94. The number of hydrogen-bond acceptors (Lipinski definition) is 3. The number of nitrogens with zero attached hydrogens (tertiary/aromatic N) is 1. The molecule has 0 unspecified atom stereocenters. The largest absolute Gasteiger partial charge is 0.348 e. The molecule has 0 fully saturated rings. The molecular weight excluding hydrogens is 322 g/mol. The van der Waals surface area contributed by atoms with E-state index in [9.17, 15) is 8.42 Å². The number of hydrogen-bond donors (Lipinski definition) is 2. The molecule has 0 aliphatic rings. The highest BCUT2D eigenvalue weighted by atomic mass is 35.5. The third-order valence-electron chi connectivity index (χ3n) is 3.04. The highest BCUT2D eigenvalue weighted by Gasteiger charge is 2.04. The Bertz CT molecular complexity index is 695. The molecule has 2 rings (SSSR count). The lowest BCUT2D eigenvalue weighted by Gasteiger charge is -2.03. The van der Waals surface area contributed by atoms with Crippen molar-refractivity contribution in [3.05, 3.63) is 64.6 Å². The van der Waals surface area contributed by atoms with Gasteiger partial charge in [-0.15, -0.1) is 0 Å². The lowest BCUT2D eigenvalue weighted by molar-refractivity contribution is 0.590. The van der Waals surface area contributed by atoms with E-state index in [1.165, 1.54) is 5.41 Å². The van der Waals surface area contributed by atoms with Crippen LogP contribution in [-0.2, 0) is 23.0 Å². The molecule has 7 heteroatoms. The summed E-state index contributed by atoms with van der Waals surface area (Å²) in [6.07, 6.45) is 7.49. The van der Waals surface area contributed by atoms with Gasteiger partial charge in [0.2, 0.25) is 10.0 Å². The van der Waals surface area contributed by atoms with Crippen LogP contribution in [0.4, 0.5) is 0 Å². The Kier molecular flexibility index (Phi) is 6.18. The zero-order chi connectivity index (χ0) is 15.8. The molecule has 2 aromatic rings. The summed E-state index contributed by atoms with van der Waals surface area (Å²) in [6.45, 7) is 0.248. The summed E-state index contributed by atoms with van der Waals surface area (Å²) >= 11 is 5.78. The van der Waals surface area contributed by atoms with Gasteiger partial charge in [-0.2, -0.15) is 0 Å². The molecule has 22 heavy (non-hydrogen) atoms. The number of benzene rings is 1. The average Bonchev–Trinajstić information content (AvgIpc) is 3.00. The Labute approximate surface area is 135 Å². The lowest BCUT2D eigenvalue weighted by atomic mass is 10.2. The molecule has 0 aliphatic carbocycles. The van der Waals surface area contributed by atoms with E-state index in [0.29, 0.717) is 11.4 Å². The van der Waals surface area contributed by atoms with Gasteiger partial charge in [0.05, 0.1) is 6.33 Å². The molecule has 1 heterocycles. The van der Waals surface area contributed by atoms with Gasteiger partial charge in [0.1, 0.15) is 0 Å². The number of aryl methyl sites for hydroxylation is 1. The normalized spacial score (nSPS) is 12.0. The number of aromatic amines is 1. The number of imidazole rings is 1. The van der Waals surface area contributed by atoms with Gasteiger partial charge in [0, 0.05) is 28.9 Å². The Balaban J connectivity index is 1.73. The first-order chi connectivity index (χ1) is 10.6. The van der Waals surface area contributed by atoms with Crippen molar-refractivity contribution in [3.63, 3.8) is 0 Å². The average molecular weight is 340 g/mol. The maximum Gasteiger partial charge on any atom is 0.233 e. The minimum atomic E-state index is -3.41. The summed E-state index contributed by atoms with van der Waals surface area (Å²) in [5.41, 5.74) is 1.91. The predicted octanol–water partition coefficient (Wildman–Crippen LogP) is 3.02. The first-order valence-corrected chi connectivity index (χ1v) is 8.85. The van der Waals surface area contributed by atoms with Gasteiger partial charge in [-0.05, 0) is 37.0 Å². The van der Waals surface area contributed by atoms with Crippen LogP contribution < -0.4 is 4.72 Å². The van der Waals surface area contributed by atoms with Gasteiger partial charge in [0.15, 0.2) is 0 Å². The molecule has 1 aromatic heterocycles. The van der Waals surface area contributed by atoms with Crippen LogP contribution in [-0.4, -0.2) is 18.4 Å². The zero-order valence-corrected chi connectivity index (χ0v) is 13.6. The van der Waals surface area contributed by atoms with Gasteiger partial charge < -0.3 is 4.98 Å². The Morgan fingerprint density at radius 1 is 1.27 bits per heavy atom. The van der Waals surface area contributed by atoms with Crippen molar-refractivity contribution < 1.29 is 8.42 Å². The standard InChI is InChI=1S/C15H18ClN3O2S/c16-14-7-5-13(6-8-14)10-19-22(20,21)9-3-1-2-4-15-11-17-12-18-15/h3,5-9,11-12,19H,1-2,4,10H2,(H,17,18). The SMILES string of the molecule is O=S(=O)(C=CCCCc1cnc[nH]1)NCc1ccc(Cl)cc1. The molecule has 118 valence electrons. The van der Waals surface area contributed by atoms with Crippen LogP contribution >= 0.6 is 11.6 Å². The van der Waals surface area contributed by atoms with E-state index < -0.39 is 10.0 Å². The minimum absolute atomic E-state index is 0.248. The third-order valence-corrected chi connectivity index (χ3v) is 4.39. The number of halogens is 1. The number of aromatic nitrogens is 2. The van der Waals surface area contributed by atoms with Crippen LogP contribution in [0, 0.1) is 0 Å². The van der Waals surface area contributed by atoms with Gasteiger partial charge in [-0.1, -0.05) is 29.8 Å². The molecule has 0 aliphatic heterocycles. The highest BCUT2D eigenvalue weighted by Crippen LogP contribution is 2.09. The van der Waals surface area contributed by atoms with Gasteiger partial charge >= 0.3 is 0 Å². The van der Waals surface area contributed by atoms with Crippen LogP contribution in [0.15, 0.2) is 48.3 Å². The van der Waals surface area contributed by atoms with Gasteiger partial charge in [-0.3, -0.25) is 0 Å². The van der Waals surface area contributed by atoms with E-state index in [1.807, 2.05) is 0 Å². The molecule has 1 aromatic carbocycles. The van der Waals surface area contributed by atoms with Crippen LogP contribution in [0.1, 0.15) is 24.1 Å². The second-order valence-corrected chi connectivity index (χ2v) is 6.92. The number of sulfonamides is 1. The minimum Gasteiger partial charge on any atom is -0.348 e. The Morgan fingerprint density at radius 3 is 2.73 bits per heavy atom. The van der Waals surface area contributed by atoms with E-state index in [2.05, 4.69) is 14.7 Å². The van der Waals surface area contributed by atoms with Crippen LogP contribution in [0.2, 0.25) is 5.02 Å². The summed E-state index contributed by atoms with van der Waals surface area (Å²) in [7, 11) is -3.41. The number of nitrogens with one attached hydrogen (secondary N) is 2. The fourth-order valence-electron chi connectivity index (χ4n) is 1.86. The van der Waals surface area contributed by atoms with E-state index in [0.717, 1.165) is 24.1 Å². The predicted molar refractivity (Wildman–Crippen MR) is 87.9 cm³/mol. The van der Waals surface area contributed by atoms with Crippen molar-refractivity contribution in [1.29, 1.82) is 0 Å². The maximum atomic E-state index is 11.8. The molecule has 5 nitrogen and oxygen atoms in total. The third kappa shape index (κ3) is 6.01. The second-order valence-electron chi connectivity index (χ2n) is 4.83. The van der Waals surface area contributed by atoms with Crippen LogP contribution in [0.25, 0.3) is 0 Å². The zero-order valence-electron chi connectivity index (χ0n) is 12.0. The summed E-state index contributed by atoms with van der Waals surface area (Å²) < 4.78 is 26.2. The van der Waals surface area contributed by atoms with Crippen molar-refractivity contribution in [3.8, 4) is 0 Å². The van der Waals surface area contributed by atoms with Crippen molar-refractivity contribution >= 4 is 21.6 Å². The molecule has 0 spiro atoms. The van der Waals surface area contributed by atoms with Crippen LogP contribution in [0.5, 0.6) is 0 Å². The lowest BCUT2D eigenvalue weighted by Crippen LogP contribution is -2.20. The number of unbranched alkanes of at least 4 members (excludes halogenated alkanes) is 1. The maximum absolute atomic E-state index is 11.8. The quantitative estimate of drug-likeness (QED) is 0.726. The molecule has 0 atom stereocenters. The van der Waals surface area contributed by atoms with E-state index in [4.69, 9.17) is 11.6 Å². The van der Waals surface area contributed by atoms with E-state index >= 15 is 0 Å². The molecular formula is C15H18ClN3O2S. The molecule has 0 bridgehead atoms. The summed E-state index contributed by atoms with van der Waals surface area (Å²) in [6, 6.07) is 7.05. The first kappa shape index (κ1) is 16.7. The molecule has 0 radical (unpaired) electrons. The summed E-state index contributed by atoms with van der Waals surface area (Å²) in [5, 5.41) is 1.85. The first-order valence-electron chi connectivity index (χ1n) is 6.93. The van der Waals surface area contributed by atoms with Gasteiger partial charge in [0.25, 0.3) is 0 Å². The monoisotopic (exact) mass is 339 g/mol. The number of H-pyrrole nitrogens is 1. The fraction of sp³-hybridized carbons (Fsp3) is 0.267. The highest BCUT2D eigenvalue weighted by molar-refractivity contribution is 7.92. The second kappa shape index (κ2) is 8.12. The number of rotatable bonds is 8. The van der Waals surface area contributed by atoms with E-state index in [1.54, 1.807) is 42.9 Å². The van der Waals surface area contributed by atoms with Crippen LogP contribution in [0.3, 0.4) is 0 Å². The number of allylic oxidation sites excluding steroid dienone is 1. The van der Waals surface area contributed by atoms with Crippen molar-refractivity contribution in [2.45, 2.75) is 25.8 Å². The van der Waals surface area contributed by atoms with Crippen molar-refractivity contribution in [2.75, 3.05) is 0 Å². The molecule has 2 N–H and O–H groups in total. The molecule has 0 saturated heterocycles. The van der Waals surface area contributed by atoms with Crippen molar-refractivity contribution in [2.24, 2.45) is 0 Å². The summed E-state index contributed by atoms with van der Waals surface area (Å²) in [5.74, 6) is 0. The van der Waals surface area contributed by atoms with Gasteiger partial charge in [-0.25, -0.2) is 18.1 Å². The van der Waals surface area contributed by atoms with Crippen molar-refractivity contribution in [1.82, 2.24) is 14.7 Å². The Morgan fingerprint density at radius 2 is 2.05 bits per heavy atom. The Hall–Kier alpha value is -1.63. The smallest absolute Gasteiger partial charge is 0.233 e. The fourth-order valence-corrected chi connectivity index (χ4v) is 2.84. The van der Waals surface area contributed by atoms with E-state index in [-0.39, 0.29) is 6.54 Å². The topological polar surface area (TPSA) is 74.8 Å².